The Kier molecular flexibility index (Phi) is 8.50. The number of aromatic nitrogens is 5. The van der Waals surface area contributed by atoms with Gasteiger partial charge in [0, 0.05) is 88.7 Å². The van der Waals surface area contributed by atoms with Gasteiger partial charge < -0.3 is 15.2 Å². The van der Waals surface area contributed by atoms with Gasteiger partial charge in [-0.05, 0) is 31.2 Å². The Labute approximate surface area is 245 Å². The lowest BCUT2D eigenvalue weighted by Gasteiger charge is -2.34. The number of hydrogen-bond acceptors (Lipinski definition) is 9. The number of rotatable bonds is 9. The number of anilines is 1. The first-order valence-electron chi connectivity index (χ1n) is 14.9. The van der Waals surface area contributed by atoms with E-state index in [9.17, 15) is 9.90 Å². The first-order chi connectivity index (χ1) is 20.5. The number of pyridine rings is 1. The summed E-state index contributed by atoms with van der Waals surface area (Å²) >= 11 is 0. The van der Waals surface area contributed by atoms with Crippen LogP contribution < -0.4 is 15.6 Å². The first kappa shape index (κ1) is 28.3. The monoisotopic (exact) mass is 572 g/mol. The van der Waals surface area contributed by atoms with Crippen LogP contribution in [0.2, 0.25) is 0 Å². The summed E-state index contributed by atoms with van der Waals surface area (Å²) in [5.41, 5.74) is 4.27. The van der Waals surface area contributed by atoms with Crippen molar-refractivity contribution in [3.05, 3.63) is 64.6 Å². The van der Waals surface area contributed by atoms with Crippen LogP contribution in [0, 0.1) is 0 Å². The van der Waals surface area contributed by atoms with Crippen molar-refractivity contribution in [3.8, 4) is 17.1 Å². The quantitative estimate of drug-likeness (QED) is 0.313. The first-order valence-corrected chi connectivity index (χ1v) is 14.9. The predicted molar refractivity (Wildman–Crippen MR) is 163 cm³/mol. The summed E-state index contributed by atoms with van der Waals surface area (Å²) in [5.74, 6) is 1.31. The molecule has 6 rings (SSSR count). The average Bonchev–Trinajstić information content (AvgIpc) is 3.40. The van der Waals surface area contributed by atoms with E-state index in [1.54, 1.807) is 13.1 Å². The molecule has 0 bridgehead atoms. The minimum absolute atomic E-state index is 0.0623. The average molecular weight is 573 g/mol. The van der Waals surface area contributed by atoms with E-state index in [0.29, 0.717) is 5.88 Å². The summed E-state index contributed by atoms with van der Waals surface area (Å²) in [5, 5.41) is 22.8. The number of β-amino-alcohol motifs (C(OH)–C–C–N with tert-alkyl or cyclic N) is 1. The zero-order valence-electron chi connectivity index (χ0n) is 24.4. The van der Waals surface area contributed by atoms with Crippen LogP contribution in [0.4, 0.5) is 5.82 Å². The molecule has 4 heterocycles. The number of ether oxygens (including phenoxy) is 1. The van der Waals surface area contributed by atoms with Crippen LogP contribution in [0.5, 0.6) is 5.88 Å². The van der Waals surface area contributed by atoms with E-state index in [-0.39, 0.29) is 24.3 Å². The Morgan fingerprint density at radius 1 is 0.976 bits per heavy atom. The summed E-state index contributed by atoms with van der Waals surface area (Å²) in [6, 6.07) is 14.3. The minimum atomic E-state index is -0.147. The van der Waals surface area contributed by atoms with Crippen molar-refractivity contribution in [1.29, 1.82) is 0 Å². The fourth-order valence-electron chi connectivity index (χ4n) is 6.12. The van der Waals surface area contributed by atoms with Crippen LogP contribution in [0.3, 0.4) is 0 Å². The Balaban J connectivity index is 1.17. The summed E-state index contributed by atoms with van der Waals surface area (Å²) in [6.45, 7) is 5.95. The third kappa shape index (κ3) is 6.18. The van der Waals surface area contributed by atoms with Gasteiger partial charge in [-0.1, -0.05) is 24.3 Å². The molecule has 4 aromatic rings. The predicted octanol–water partition coefficient (Wildman–Crippen LogP) is 2.91. The molecule has 0 atom stereocenters. The van der Waals surface area contributed by atoms with Crippen molar-refractivity contribution in [2.75, 3.05) is 51.7 Å². The van der Waals surface area contributed by atoms with Gasteiger partial charge in [0.1, 0.15) is 17.6 Å². The Bertz CT molecular complexity index is 1550. The van der Waals surface area contributed by atoms with Gasteiger partial charge in [0.2, 0.25) is 5.88 Å². The highest BCUT2D eigenvalue weighted by Crippen LogP contribution is 2.36. The van der Waals surface area contributed by atoms with Crippen LogP contribution in [-0.2, 0) is 13.6 Å². The molecule has 42 heavy (non-hydrogen) atoms. The van der Waals surface area contributed by atoms with Crippen molar-refractivity contribution in [3.63, 3.8) is 0 Å². The largest absolute Gasteiger partial charge is 0.473 e. The third-order valence-electron chi connectivity index (χ3n) is 8.58. The molecule has 11 heteroatoms. The fraction of sp³-hybridized carbons (Fsp3) is 0.484. The lowest BCUT2D eigenvalue weighted by molar-refractivity contribution is 0.108. The lowest BCUT2D eigenvalue weighted by atomic mass is 9.93. The molecular weight excluding hydrogens is 532 g/mol. The summed E-state index contributed by atoms with van der Waals surface area (Å²) in [6.07, 6.45) is 5.65. The molecule has 11 nitrogen and oxygen atoms in total. The van der Waals surface area contributed by atoms with Gasteiger partial charge in [-0.15, -0.1) is 5.10 Å². The van der Waals surface area contributed by atoms with Crippen LogP contribution >= 0.6 is 0 Å². The van der Waals surface area contributed by atoms with Crippen molar-refractivity contribution >= 4 is 16.7 Å². The van der Waals surface area contributed by atoms with Crippen molar-refractivity contribution in [1.82, 2.24) is 34.3 Å². The zero-order valence-corrected chi connectivity index (χ0v) is 24.4. The van der Waals surface area contributed by atoms with Crippen molar-refractivity contribution in [2.45, 2.75) is 44.4 Å². The standard InChI is InChI=1S/C31H40N8O3/c1-32-28-19-27-26(20-33-28)31(23-5-3-22(4-6-23)21-38-15-13-37(14-16-38)17-18-40)35-39(27)24-7-9-25(10-8-24)42-29-11-12-30(41)36(2)34-29/h3-6,11-12,19-20,24-25,40H,7-10,13-18,21H2,1-2H3,(H,32,33). The van der Waals surface area contributed by atoms with Crippen LogP contribution in [-0.4, -0.2) is 91.9 Å². The van der Waals surface area contributed by atoms with Gasteiger partial charge in [0.05, 0.1) is 18.2 Å². The molecule has 1 saturated heterocycles. The number of aliphatic hydroxyl groups is 1. The van der Waals surface area contributed by atoms with E-state index >= 15 is 0 Å². The van der Waals surface area contributed by atoms with Gasteiger partial charge in [0.25, 0.3) is 5.56 Å². The maximum Gasteiger partial charge on any atom is 0.266 e. The highest BCUT2D eigenvalue weighted by atomic mass is 16.5. The normalized spacial score (nSPS) is 20.2. The van der Waals surface area contributed by atoms with E-state index in [1.165, 1.54) is 16.3 Å². The molecule has 3 aromatic heterocycles. The molecular formula is C31H40N8O3. The number of piperazine rings is 1. The maximum absolute atomic E-state index is 11.7. The molecule has 0 radical (unpaired) electrons. The molecule has 1 saturated carbocycles. The number of nitrogens with zero attached hydrogens (tertiary/aromatic N) is 7. The minimum Gasteiger partial charge on any atom is -0.473 e. The molecule has 1 aromatic carbocycles. The Hall–Kier alpha value is -3.80. The SMILES string of the molecule is CNc1cc2c(cn1)c(-c1ccc(CN3CCN(CCO)CC3)cc1)nn2C1CCC(Oc2ccc(=O)n(C)n2)CC1. The van der Waals surface area contributed by atoms with Gasteiger partial charge in [-0.2, -0.15) is 5.10 Å². The number of aliphatic hydroxyl groups excluding tert-OH is 1. The smallest absolute Gasteiger partial charge is 0.266 e. The molecule has 0 unspecified atom stereocenters. The molecule has 0 spiro atoms. The Morgan fingerprint density at radius 3 is 2.40 bits per heavy atom. The van der Waals surface area contributed by atoms with Gasteiger partial charge in [-0.25, -0.2) is 9.67 Å². The number of benzene rings is 1. The van der Waals surface area contributed by atoms with Gasteiger partial charge in [0.15, 0.2) is 0 Å². The second kappa shape index (κ2) is 12.6. The van der Waals surface area contributed by atoms with E-state index in [1.807, 2.05) is 13.2 Å². The summed E-state index contributed by atoms with van der Waals surface area (Å²) in [4.78, 5) is 21.1. The Morgan fingerprint density at radius 2 is 1.71 bits per heavy atom. The molecule has 1 aliphatic carbocycles. The second-order valence-corrected chi connectivity index (χ2v) is 11.3. The third-order valence-corrected chi connectivity index (χ3v) is 8.58. The zero-order chi connectivity index (χ0) is 29.1. The molecule has 2 aliphatic rings. The van der Waals surface area contributed by atoms with E-state index in [4.69, 9.17) is 9.84 Å². The van der Waals surface area contributed by atoms with Crippen LogP contribution in [0.1, 0.15) is 37.3 Å². The highest BCUT2D eigenvalue weighted by molar-refractivity contribution is 5.94. The van der Waals surface area contributed by atoms with E-state index in [0.717, 1.165) is 92.9 Å². The second-order valence-electron chi connectivity index (χ2n) is 11.3. The molecule has 2 fully saturated rings. The summed E-state index contributed by atoms with van der Waals surface area (Å²) in [7, 11) is 3.52. The van der Waals surface area contributed by atoms with Crippen LogP contribution in [0.25, 0.3) is 22.2 Å². The molecule has 222 valence electrons. The highest BCUT2D eigenvalue weighted by Gasteiger charge is 2.27. The van der Waals surface area contributed by atoms with Gasteiger partial charge >= 0.3 is 0 Å². The number of nitrogens with one attached hydrogen (secondary N) is 1. The van der Waals surface area contributed by atoms with Crippen molar-refractivity contribution in [2.24, 2.45) is 7.05 Å². The topological polar surface area (TPSA) is 114 Å². The van der Waals surface area contributed by atoms with Crippen molar-refractivity contribution < 1.29 is 9.84 Å². The maximum atomic E-state index is 11.7. The molecule has 0 amide bonds. The number of hydrogen-bond donors (Lipinski definition) is 2. The van der Waals surface area contributed by atoms with E-state index < -0.39 is 0 Å². The lowest BCUT2D eigenvalue weighted by Crippen LogP contribution is -2.46. The number of aryl methyl sites for hydroxylation is 1. The van der Waals surface area contributed by atoms with Crippen LogP contribution in [0.15, 0.2) is 53.5 Å². The molecule has 1 aliphatic heterocycles. The fourth-order valence-corrected chi connectivity index (χ4v) is 6.12. The summed E-state index contributed by atoms with van der Waals surface area (Å²) < 4.78 is 9.61. The van der Waals surface area contributed by atoms with E-state index in [2.05, 4.69) is 60.2 Å². The molecule has 2 N–H and O–H groups in total. The van der Waals surface area contributed by atoms with Gasteiger partial charge in [-0.3, -0.25) is 19.3 Å². The number of fused-ring (bicyclic) bond motifs is 1.